The second-order valence-corrected chi connectivity index (χ2v) is 2.76. The molecule has 0 fully saturated rings. The second-order valence-electron chi connectivity index (χ2n) is 1.94. The van der Waals surface area contributed by atoms with Gasteiger partial charge in [-0.15, -0.1) is 18.2 Å². The zero-order valence-electron chi connectivity index (χ0n) is 7.13. The third kappa shape index (κ3) is 3.55. The van der Waals surface area contributed by atoms with Crippen LogP contribution in [0.2, 0.25) is 0 Å². The molecule has 68 valence electrons. The highest BCUT2D eigenvalue weighted by Crippen LogP contribution is 2.12. The van der Waals surface area contributed by atoms with Gasteiger partial charge < -0.3 is 11.1 Å². The van der Waals surface area contributed by atoms with Crippen LogP contribution in [0.25, 0.3) is 0 Å². The Balaban J connectivity index is 4.77. The smallest absolute Gasteiger partial charge is 0.262 e. The van der Waals surface area contributed by atoms with E-state index in [1.807, 2.05) is 0 Å². The highest BCUT2D eigenvalue weighted by atomic mass is 32.2. The molecular weight excluding hydrogens is 186 g/mol. The summed E-state index contributed by atoms with van der Waals surface area (Å²) in [6.45, 7) is 0.259. The maximum atomic E-state index is 10.7. The lowest BCUT2D eigenvalue weighted by Crippen LogP contribution is -2.20. The number of nitrogens with zero attached hydrogens (tertiary/aromatic N) is 1. The van der Waals surface area contributed by atoms with Crippen molar-refractivity contribution in [1.29, 1.82) is 5.26 Å². The van der Waals surface area contributed by atoms with Crippen LogP contribution in [0.1, 0.15) is 0 Å². The van der Waals surface area contributed by atoms with Gasteiger partial charge in [0.25, 0.3) is 5.91 Å². The summed E-state index contributed by atoms with van der Waals surface area (Å²) in [5.41, 5.74) is 4.88. The number of carbonyl (C=O) groups excluding carboxylic acids is 1. The highest BCUT2D eigenvalue weighted by Gasteiger charge is 2.10. The molecule has 4 nitrogen and oxygen atoms in total. The highest BCUT2D eigenvalue weighted by molar-refractivity contribution is 8.02. The van der Waals surface area contributed by atoms with E-state index in [1.165, 1.54) is 11.8 Å². The van der Waals surface area contributed by atoms with Gasteiger partial charge in [-0.05, 0) is 6.26 Å². The summed E-state index contributed by atoms with van der Waals surface area (Å²) in [7, 11) is 0. The molecule has 0 aromatic heterocycles. The number of carbonyl (C=O) groups is 1. The lowest BCUT2D eigenvalue weighted by molar-refractivity contribution is -0.114. The van der Waals surface area contributed by atoms with E-state index in [-0.39, 0.29) is 12.1 Å². The minimum atomic E-state index is -0.753. The van der Waals surface area contributed by atoms with Crippen LogP contribution in [0.4, 0.5) is 0 Å². The first-order valence-corrected chi connectivity index (χ1v) is 4.55. The predicted molar refractivity (Wildman–Crippen MR) is 52.2 cm³/mol. The molecule has 0 aliphatic rings. The van der Waals surface area contributed by atoms with Crippen LogP contribution >= 0.6 is 11.8 Å². The molecule has 0 atom stereocenters. The molecule has 0 radical (unpaired) electrons. The van der Waals surface area contributed by atoms with E-state index in [4.69, 9.17) is 17.4 Å². The van der Waals surface area contributed by atoms with E-state index in [9.17, 15) is 4.79 Å². The third-order valence-electron chi connectivity index (χ3n) is 1.14. The zero-order valence-corrected chi connectivity index (χ0v) is 7.94. The molecule has 0 spiro atoms. The Hall–Kier alpha value is -1.59. The van der Waals surface area contributed by atoms with Crippen molar-refractivity contribution < 1.29 is 4.79 Å². The Kier molecular flexibility index (Phi) is 5.25. The Labute approximate surface area is 81.2 Å². The summed E-state index contributed by atoms with van der Waals surface area (Å²) in [6.07, 6.45) is 6.73. The summed E-state index contributed by atoms with van der Waals surface area (Å²) < 4.78 is 0. The Morgan fingerprint density at radius 1 is 1.77 bits per heavy atom. The minimum absolute atomic E-state index is 0.0947. The standard InChI is InChI=1S/C8H9N3OS/c1-3-4-11-8(13-2)6(5-9)7(10)12/h1,11H,4H2,2H3,(H2,10,12). The van der Waals surface area contributed by atoms with Gasteiger partial charge in [0.15, 0.2) is 0 Å². The van der Waals surface area contributed by atoms with Crippen LogP contribution in [0.15, 0.2) is 10.6 Å². The van der Waals surface area contributed by atoms with Gasteiger partial charge in [0.2, 0.25) is 0 Å². The number of nitrogens with two attached hydrogens (primary N) is 1. The molecule has 3 N–H and O–H groups in total. The van der Waals surface area contributed by atoms with Gasteiger partial charge in [-0.3, -0.25) is 4.79 Å². The average molecular weight is 195 g/mol. The Bertz CT molecular complexity index is 308. The molecule has 0 aromatic carbocycles. The number of terminal acetylenes is 1. The van der Waals surface area contributed by atoms with Gasteiger partial charge in [0, 0.05) is 0 Å². The van der Waals surface area contributed by atoms with E-state index in [0.717, 1.165) is 0 Å². The number of hydrogen-bond acceptors (Lipinski definition) is 4. The molecule has 0 aromatic rings. The summed E-state index contributed by atoms with van der Waals surface area (Å²) in [6, 6.07) is 1.71. The summed E-state index contributed by atoms with van der Waals surface area (Å²) in [5, 5.41) is 11.7. The molecule has 5 heteroatoms. The lowest BCUT2D eigenvalue weighted by atomic mass is 10.3. The first kappa shape index (κ1) is 11.4. The molecule has 0 unspecified atom stereocenters. The first-order valence-electron chi connectivity index (χ1n) is 3.32. The van der Waals surface area contributed by atoms with Crippen molar-refractivity contribution in [3.05, 3.63) is 10.6 Å². The summed E-state index contributed by atoms with van der Waals surface area (Å²) in [4.78, 5) is 10.7. The van der Waals surface area contributed by atoms with Gasteiger partial charge in [0.1, 0.15) is 11.6 Å². The Morgan fingerprint density at radius 2 is 2.38 bits per heavy atom. The van der Waals surface area contributed by atoms with Crippen LogP contribution in [0.5, 0.6) is 0 Å². The van der Waals surface area contributed by atoms with Crippen LogP contribution in [-0.2, 0) is 4.79 Å². The van der Waals surface area contributed by atoms with Crippen molar-refractivity contribution in [3.63, 3.8) is 0 Å². The van der Waals surface area contributed by atoms with Gasteiger partial charge in [-0.1, -0.05) is 5.92 Å². The van der Waals surface area contributed by atoms with E-state index in [2.05, 4.69) is 11.2 Å². The fraction of sp³-hybridized carbons (Fsp3) is 0.250. The fourth-order valence-electron chi connectivity index (χ4n) is 0.612. The van der Waals surface area contributed by atoms with Crippen LogP contribution in [-0.4, -0.2) is 18.7 Å². The number of thioether (sulfide) groups is 1. The normalized spacial score (nSPS) is 10.7. The van der Waals surface area contributed by atoms with E-state index in [0.29, 0.717) is 5.03 Å². The molecule has 13 heavy (non-hydrogen) atoms. The maximum Gasteiger partial charge on any atom is 0.262 e. The predicted octanol–water partition coefficient (Wildman–Crippen LogP) is -0.207. The molecule has 0 saturated heterocycles. The van der Waals surface area contributed by atoms with Crippen LogP contribution < -0.4 is 11.1 Å². The largest absolute Gasteiger partial charge is 0.368 e. The molecule has 0 aliphatic heterocycles. The number of primary amides is 1. The lowest BCUT2D eigenvalue weighted by Gasteiger charge is -2.05. The Morgan fingerprint density at radius 3 is 2.69 bits per heavy atom. The van der Waals surface area contributed by atoms with Gasteiger partial charge in [-0.25, -0.2) is 0 Å². The number of amides is 1. The van der Waals surface area contributed by atoms with Gasteiger partial charge in [0.05, 0.1) is 11.6 Å². The second kappa shape index (κ2) is 5.99. The zero-order chi connectivity index (χ0) is 10.3. The number of rotatable bonds is 4. The summed E-state index contributed by atoms with van der Waals surface area (Å²) in [5.74, 6) is 1.58. The van der Waals surface area contributed by atoms with Crippen molar-refractivity contribution in [1.82, 2.24) is 5.32 Å². The number of nitrogens with one attached hydrogen (secondary N) is 1. The van der Waals surface area contributed by atoms with E-state index < -0.39 is 5.91 Å². The molecule has 0 saturated carbocycles. The average Bonchev–Trinajstić information content (AvgIpc) is 2.11. The fourth-order valence-corrected chi connectivity index (χ4v) is 1.18. The molecule has 0 rings (SSSR count). The number of hydrogen-bond donors (Lipinski definition) is 2. The van der Waals surface area contributed by atoms with Crippen LogP contribution in [0.3, 0.4) is 0 Å². The monoisotopic (exact) mass is 195 g/mol. The maximum absolute atomic E-state index is 10.7. The number of nitriles is 1. The summed E-state index contributed by atoms with van der Waals surface area (Å²) >= 11 is 1.22. The molecule has 0 bridgehead atoms. The van der Waals surface area contributed by atoms with Crippen molar-refractivity contribution in [3.8, 4) is 18.4 Å². The first-order chi connectivity index (χ1) is 6.17. The minimum Gasteiger partial charge on any atom is -0.368 e. The third-order valence-corrected chi connectivity index (χ3v) is 1.90. The van der Waals surface area contributed by atoms with Gasteiger partial charge in [-0.2, -0.15) is 5.26 Å². The molecule has 0 aliphatic carbocycles. The van der Waals surface area contributed by atoms with E-state index in [1.54, 1.807) is 12.3 Å². The molecule has 1 amide bonds. The van der Waals surface area contributed by atoms with Crippen molar-refractivity contribution in [2.75, 3.05) is 12.8 Å². The van der Waals surface area contributed by atoms with Crippen molar-refractivity contribution in [2.24, 2.45) is 5.73 Å². The van der Waals surface area contributed by atoms with Crippen molar-refractivity contribution in [2.45, 2.75) is 0 Å². The van der Waals surface area contributed by atoms with Gasteiger partial charge >= 0.3 is 0 Å². The SMILES string of the molecule is C#CCNC(SC)=C(C#N)C(N)=O. The van der Waals surface area contributed by atoms with E-state index >= 15 is 0 Å². The van der Waals surface area contributed by atoms with Crippen molar-refractivity contribution >= 4 is 17.7 Å². The quantitative estimate of drug-likeness (QED) is 0.369. The topological polar surface area (TPSA) is 78.9 Å². The van der Waals surface area contributed by atoms with Crippen LogP contribution in [0, 0.1) is 23.7 Å². The molecule has 0 heterocycles. The molecular formula is C8H9N3OS.